The maximum Gasteiger partial charge on any atom is 0.255 e. The Hall–Kier alpha value is -1.65. The highest BCUT2D eigenvalue weighted by Crippen LogP contribution is 2.44. The van der Waals surface area contributed by atoms with Crippen molar-refractivity contribution in [2.75, 3.05) is 18.9 Å². The number of aromatic nitrogens is 1. The van der Waals surface area contributed by atoms with E-state index in [2.05, 4.69) is 22.5 Å². The maximum atomic E-state index is 13.1. The van der Waals surface area contributed by atoms with Crippen molar-refractivity contribution in [3.05, 3.63) is 23.6 Å². The van der Waals surface area contributed by atoms with Gasteiger partial charge >= 0.3 is 0 Å². The van der Waals surface area contributed by atoms with Crippen LogP contribution in [0.25, 0.3) is 0 Å². The van der Waals surface area contributed by atoms with E-state index in [1.54, 1.807) is 7.05 Å². The molecular weight excluding hydrogens is 221 g/mol. The van der Waals surface area contributed by atoms with Gasteiger partial charge in [0.15, 0.2) is 0 Å². The fourth-order valence-corrected chi connectivity index (χ4v) is 1.59. The van der Waals surface area contributed by atoms with E-state index in [1.165, 1.54) is 6.07 Å². The second-order valence-electron chi connectivity index (χ2n) is 4.79. The number of anilines is 1. The number of halogens is 1. The number of carbonyl (C=O) groups excluding carboxylic acids is 1. The highest BCUT2D eigenvalue weighted by atomic mass is 19.1. The number of hydrogen-bond acceptors (Lipinski definition) is 3. The largest absolute Gasteiger partial charge is 0.372 e. The van der Waals surface area contributed by atoms with Crippen molar-refractivity contribution in [2.24, 2.45) is 5.41 Å². The Balaban J connectivity index is 2.09. The van der Waals surface area contributed by atoms with Crippen LogP contribution >= 0.6 is 0 Å². The smallest absolute Gasteiger partial charge is 0.255 e. The molecule has 1 fully saturated rings. The van der Waals surface area contributed by atoms with Crippen molar-refractivity contribution in [2.45, 2.75) is 19.8 Å². The lowest BCUT2D eigenvalue weighted by molar-refractivity contribution is 0.0946. The number of carbonyl (C=O) groups is 1. The molecule has 1 aliphatic rings. The normalized spacial score (nSPS) is 16.4. The molecule has 2 rings (SSSR count). The molecule has 2 N–H and O–H groups in total. The predicted octanol–water partition coefficient (Wildman–Crippen LogP) is 1.79. The molecule has 1 saturated carbocycles. The van der Waals surface area contributed by atoms with Crippen LogP contribution < -0.4 is 10.6 Å². The fraction of sp³-hybridized carbons (Fsp3) is 0.500. The zero-order chi connectivity index (χ0) is 12.5. The average Bonchev–Trinajstić information content (AvgIpc) is 3.05. The summed E-state index contributed by atoms with van der Waals surface area (Å²) in [6, 6.07) is 1.20. The molecule has 4 nitrogen and oxygen atoms in total. The van der Waals surface area contributed by atoms with E-state index in [1.807, 2.05) is 0 Å². The van der Waals surface area contributed by atoms with Crippen LogP contribution in [0.4, 0.5) is 10.2 Å². The Labute approximate surface area is 99.6 Å². The third-order valence-corrected chi connectivity index (χ3v) is 3.12. The Morgan fingerprint density at radius 3 is 2.88 bits per heavy atom. The van der Waals surface area contributed by atoms with Gasteiger partial charge in [-0.1, -0.05) is 6.92 Å². The van der Waals surface area contributed by atoms with Gasteiger partial charge in [0, 0.05) is 13.6 Å². The molecule has 0 atom stereocenters. The lowest BCUT2D eigenvalue weighted by Crippen LogP contribution is -2.29. The van der Waals surface area contributed by atoms with E-state index in [0.29, 0.717) is 12.4 Å². The number of pyridine rings is 1. The zero-order valence-electron chi connectivity index (χ0n) is 10.0. The Bertz CT molecular complexity index is 443. The first kappa shape index (κ1) is 11.8. The molecule has 0 spiro atoms. The zero-order valence-corrected chi connectivity index (χ0v) is 10.0. The number of rotatable bonds is 4. The van der Waals surface area contributed by atoms with Gasteiger partial charge in [-0.15, -0.1) is 0 Å². The molecule has 0 aromatic carbocycles. The first-order valence-corrected chi connectivity index (χ1v) is 5.66. The van der Waals surface area contributed by atoms with Crippen LogP contribution in [-0.2, 0) is 0 Å². The summed E-state index contributed by atoms with van der Waals surface area (Å²) in [7, 11) is 1.65. The third-order valence-electron chi connectivity index (χ3n) is 3.12. The summed E-state index contributed by atoms with van der Waals surface area (Å²) >= 11 is 0. The highest BCUT2D eigenvalue weighted by Gasteiger charge is 2.37. The molecule has 1 aliphatic carbocycles. The first-order valence-electron chi connectivity index (χ1n) is 5.66. The molecule has 0 saturated heterocycles. The number of nitrogens with one attached hydrogen (secondary N) is 2. The van der Waals surface area contributed by atoms with Crippen LogP contribution in [0, 0.1) is 11.2 Å². The maximum absolute atomic E-state index is 13.1. The minimum atomic E-state index is -0.508. The molecule has 17 heavy (non-hydrogen) atoms. The lowest BCUT2D eigenvalue weighted by atomic mass is 10.1. The summed E-state index contributed by atoms with van der Waals surface area (Å²) < 4.78 is 13.1. The summed E-state index contributed by atoms with van der Waals surface area (Å²) in [5, 5.41) is 5.60. The van der Waals surface area contributed by atoms with Crippen molar-refractivity contribution in [1.29, 1.82) is 0 Å². The van der Waals surface area contributed by atoms with Gasteiger partial charge in [-0.2, -0.15) is 0 Å². The monoisotopic (exact) mass is 237 g/mol. The van der Waals surface area contributed by atoms with Gasteiger partial charge in [0.2, 0.25) is 0 Å². The van der Waals surface area contributed by atoms with Gasteiger partial charge in [-0.25, -0.2) is 9.37 Å². The molecule has 1 aromatic rings. The Kier molecular flexibility index (Phi) is 3.00. The summed E-state index contributed by atoms with van der Waals surface area (Å²) in [6.45, 7) is 2.75. The molecule has 0 bridgehead atoms. The van der Waals surface area contributed by atoms with E-state index in [0.717, 1.165) is 19.0 Å². The molecule has 1 amide bonds. The van der Waals surface area contributed by atoms with E-state index in [4.69, 9.17) is 0 Å². The van der Waals surface area contributed by atoms with Crippen LogP contribution in [0.1, 0.15) is 30.1 Å². The highest BCUT2D eigenvalue weighted by molar-refractivity contribution is 5.98. The van der Waals surface area contributed by atoms with Gasteiger partial charge in [-0.3, -0.25) is 4.79 Å². The number of hydrogen-bond donors (Lipinski definition) is 2. The van der Waals surface area contributed by atoms with Crippen molar-refractivity contribution in [3.63, 3.8) is 0 Å². The van der Waals surface area contributed by atoms with Crippen LogP contribution in [0.3, 0.4) is 0 Å². The third kappa shape index (κ3) is 2.72. The minimum Gasteiger partial charge on any atom is -0.372 e. The quantitative estimate of drug-likeness (QED) is 0.839. The summed E-state index contributed by atoms with van der Waals surface area (Å²) in [5.41, 5.74) is 0.479. The van der Waals surface area contributed by atoms with E-state index < -0.39 is 5.82 Å². The lowest BCUT2D eigenvalue weighted by Gasteiger charge is -2.12. The van der Waals surface area contributed by atoms with Crippen molar-refractivity contribution in [3.8, 4) is 0 Å². The van der Waals surface area contributed by atoms with E-state index in [-0.39, 0.29) is 16.9 Å². The van der Waals surface area contributed by atoms with Crippen molar-refractivity contribution in [1.82, 2.24) is 10.3 Å². The second-order valence-corrected chi connectivity index (χ2v) is 4.79. The van der Waals surface area contributed by atoms with Crippen LogP contribution in [0.2, 0.25) is 0 Å². The van der Waals surface area contributed by atoms with Crippen molar-refractivity contribution >= 4 is 11.7 Å². The number of nitrogens with zero attached hydrogens (tertiary/aromatic N) is 1. The Morgan fingerprint density at radius 1 is 1.59 bits per heavy atom. The van der Waals surface area contributed by atoms with Crippen molar-refractivity contribution < 1.29 is 9.18 Å². The molecule has 1 aromatic heterocycles. The molecular formula is C12H16FN3O. The van der Waals surface area contributed by atoms with Gasteiger partial charge in [0.25, 0.3) is 5.91 Å². The van der Waals surface area contributed by atoms with Gasteiger partial charge in [-0.05, 0) is 24.3 Å². The second kappa shape index (κ2) is 4.31. The summed E-state index contributed by atoms with van der Waals surface area (Å²) in [5.74, 6) is -0.397. The fourth-order valence-electron chi connectivity index (χ4n) is 1.59. The first-order chi connectivity index (χ1) is 8.04. The van der Waals surface area contributed by atoms with E-state index in [9.17, 15) is 9.18 Å². The molecule has 0 radical (unpaired) electrons. The van der Waals surface area contributed by atoms with Crippen LogP contribution in [0.15, 0.2) is 12.3 Å². The molecule has 0 aliphatic heterocycles. The molecule has 92 valence electrons. The van der Waals surface area contributed by atoms with Gasteiger partial charge < -0.3 is 10.6 Å². The average molecular weight is 237 g/mol. The SMILES string of the molecule is CNc1ncc(F)cc1C(=O)NCC1(C)CC1. The van der Waals surface area contributed by atoms with Crippen LogP contribution in [-0.4, -0.2) is 24.5 Å². The minimum absolute atomic E-state index is 0.232. The topological polar surface area (TPSA) is 54.0 Å². The van der Waals surface area contributed by atoms with Gasteiger partial charge in [0.05, 0.1) is 11.8 Å². The summed E-state index contributed by atoms with van der Waals surface area (Å²) in [4.78, 5) is 15.7. The molecule has 0 unspecified atom stereocenters. The molecule has 5 heteroatoms. The van der Waals surface area contributed by atoms with Crippen LogP contribution in [0.5, 0.6) is 0 Å². The van der Waals surface area contributed by atoms with E-state index >= 15 is 0 Å². The standard InChI is InChI=1S/C12H16FN3O/c1-12(3-4-12)7-16-11(17)9-5-8(13)6-15-10(9)14-2/h5-6H,3-4,7H2,1-2H3,(H,14,15)(H,16,17). The predicted molar refractivity (Wildman–Crippen MR) is 63.4 cm³/mol. The number of amides is 1. The summed E-state index contributed by atoms with van der Waals surface area (Å²) in [6.07, 6.45) is 3.35. The Morgan fingerprint density at radius 2 is 2.29 bits per heavy atom. The van der Waals surface area contributed by atoms with Gasteiger partial charge in [0.1, 0.15) is 11.6 Å². The molecule has 1 heterocycles.